The third-order valence-electron chi connectivity index (χ3n) is 3.92. The summed E-state index contributed by atoms with van der Waals surface area (Å²) in [5.74, 6) is 1.23. The number of non-ortho nitro benzene ring substituents is 1. The van der Waals surface area contributed by atoms with Gasteiger partial charge in [-0.15, -0.1) is 0 Å². The molecule has 2 aliphatic rings. The van der Waals surface area contributed by atoms with Crippen molar-refractivity contribution in [2.24, 2.45) is 11.8 Å². The molecule has 0 aromatic heterocycles. The molecule has 2 heterocycles. The van der Waals surface area contributed by atoms with Gasteiger partial charge in [-0.2, -0.15) is 0 Å². The van der Waals surface area contributed by atoms with Crippen LogP contribution in [0, 0.1) is 22.0 Å². The van der Waals surface area contributed by atoms with Crippen molar-refractivity contribution in [1.82, 2.24) is 5.32 Å². The quantitative estimate of drug-likeness (QED) is 0.674. The molecule has 2 atom stereocenters. The molecular weight excluding hydrogens is 289 g/mol. The summed E-state index contributed by atoms with van der Waals surface area (Å²) in [4.78, 5) is 12.4. The lowest BCUT2D eigenvalue weighted by Gasteiger charge is -2.22. The second-order valence-corrected chi connectivity index (χ2v) is 5.91. The van der Waals surface area contributed by atoms with Gasteiger partial charge in [-0.05, 0) is 11.8 Å². The molecule has 19 heavy (non-hydrogen) atoms. The highest BCUT2D eigenvalue weighted by atomic mass is 35.5. The molecule has 3 rings (SSSR count). The summed E-state index contributed by atoms with van der Waals surface area (Å²) in [5.41, 5.74) is 0.656. The summed E-state index contributed by atoms with van der Waals surface area (Å²) < 4.78 is 0. The smallest absolute Gasteiger partial charge is 0.272 e. The molecule has 1 aromatic carbocycles. The third-order valence-corrected chi connectivity index (χ3v) is 4.49. The van der Waals surface area contributed by atoms with Gasteiger partial charge < -0.3 is 10.2 Å². The Hall–Kier alpha value is -1.04. The number of anilines is 1. The van der Waals surface area contributed by atoms with Crippen LogP contribution in [-0.4, -0.2) is 31.1 Å². The standard InChI is InChI=1S/C12H13Cl2N3O2/c13-10-1-9(17(18)19)2-11(14)12(10)16-5-7-3-15-4-8(7)6-16/h1-2,7-8,15H,3-6H2/t7-,8+. The summed E-state index contributed by atoms with van der Waals surface area (Å²) >= 11 is 12.3. The lowest BCUT2D eigenvalue weighted by atomic mass is 10.0. The lowest BCUT2D eigenvalue weighted by Crippen LogP contribution is -2.25. The first-order chi connectivity index (χ1) is 9.06. The van der Waals surface area contributed by atoms with Crippen LogP contribution in [-0.2, 0) is 0 Å². The first-order valence-corrected chi connectivity index (χ1v) is 6.91. The predicted molar refractivity (Wildman–Crippen MR) is 75.2 cm³/mol. The van der Waals surface area contributed by atoms with Gasteiger partial charge in [-0.25, -0.2) is 0 Å². The van der Waals surface area contributed by atoms with Crippen LogP contribution in [0.25, 0.3) is 0 Å². The number of benzene rings is 1. The van der Waals surface area contributed by atoms with E-state index in [-0.39, 0.29) is 5.69 Å². The van der Waals surface area contributed by atoms with Crippen LogP contribution in [0.4, 0.5) is 11.4 Å². The van der Waals surface area contributed by atoms with Crippen LogP contribution in [0.1, 0.15) is 0 Å². The van der Waals surface area contributed by atoms with Gasteiger partial charge in [0.05, 0.1) is 20.7 Å². The number of halogens is 2. The van der Waals surface area contributed by atoms with Crippen LogP contribution >= 0.6 is 23.2 Å². The highest BCUT2D eigenvalue weighted by Gasteiger charge is 2.37. The molecule has 0 aliphatic carbocycles. The minimum Gasteiger partial charge on any atom is -0.368 e. The van der Waals surface area contributed by atoms with Crippen molar-refractivity contribution in [2.45, 2.75) is 0 Å². The molecule has 1 aromatic rings. The van der Waals surface area contributed by atoms with E-state index in [1.54, 1.807) is 0 Å². The van der Waals surface area contributed by atoms with Gasteiger partial charge in [0, 0.05) is 38.3 Å². The van der Waals surface area contributed by atoms with E-state index < -0.39 is 4.92 Å². The van der Waals surface area contributed by atoms with E-state index in [0.717, 1.165) is 31.9 Å². The SMILES string of the molecule is O=[N+]([O-])c1cc(Cl)c(N2C[C@H]3CNC[C@H]3C2)c(Cl)c1. The van der Waals surface area contributed by atoms with E-state index in [1.807, 2.05) is 0 Å². The number of fused-ring (bicyclic) bond motifs is 1. The van der Waals surface area contributed by atoms with Crippen molar-refractivity contribution in [1.29, 1.82) is 0 Å². The molecule has 2 fully saturated rings. The van der Waals surface area contributed by atoms with Crippen molar-refractivity contribution in [2.75, 3.05) is 31.1 Å². The maximum atomic E-state index is 10.8. The van der Waals surface area contributed by atoms with Crippen molar-refractivity contribution in [3.8, 4) is 0 Å². The first kappa shape index (κ1) is 13.0. The number of hydrogen-bond donors (Lipinski definition) is 1. The third kappa shape index (κ3) is 2.26. The molecule has 2 aliphatic heterocycles. The summed E-state index contributed by atoms with van der Waals surface area (Å²) in [7, 11) is 0. The van der Waals surface area contributed by atoms with E-state index in [4.69, 9.17) is 23.2 Å². The lowest BCUT2D eigenvalue weighted by molar-refractivity contribution is -0.384. The molecule has 0 spiro atoms. The highest BCUT2D eigenvalue weighted by Crippen LogP contribution is 2.41. The fourth-order valence-corrected chi connectivity index (χ4v) is 3.71. The molecule has 5 nitrogen and oxygen atoms in total. The fourth-order valence-electron chi connectivity index (χ4n) is 3.00. The second kappa shape index (κ2) is 4.81. The summed E-state index contributed by atoms with van der Waals surface area (Å²) in [6.07, 6.45) is 0. The van der Waals surface area contributed by atoms with Crippen LogP contribution < -0.4 is 10.2 Å². The Balaban J connectivity index is 1.91. The van der Waals surface area contributed by atoms with Gasteiger partial charge in [0.25, 0.3) is 5.69 Å². The average Bonchev–Trinajstić information content (AvgIpc) is 2.88. The molecule has 2 saturated heterocycles. The van der Waals surface area contributed by atoms with Crippen molar-refractivity contribution >= 4 is 34.6 Å². The van der Waals surface area contributed by atoms with E-state index in [0.29, 0.717) is 21.9 Å². The van der Waals surface area contributed by atoms with Crippen molar-refractivity contribution in [3.63, 3.8) is 0 Å². The van der Waals surface area contributed by atoms with Crippen LogP contribution in [0.3, 0.4) is 0 Å². The van der Waals surface area contributed by atoms with E-state index in [2.05, 4.69) is 10.2 Å². The Morgan fingerprint density at radius 1 is 1.21 bits per heavy atom. The van der Waals surface area contributed by atoms with Crippen molar-refractivity contribution in [3.05, 3.63) is 32.3 Å². The van der Waals surface area contributed by atoms with Crippen LogP contribution in [0.5, 0.6) is 0 Å². The number of nitrogens with zero attached hydrogens (tertiary/aromatic N) is 2. The molecule has 0 saturated carbocycles. The predicted octanol–water partition coefficient (Wildman–Crippen LogP) is 2.56. The van der Waals surface area contributed by atoms with Gasteiger partial charge in [-0.3, -0.25) is 10.1 Å². The Labute approximate surface area is 120 Å². The fraction of sp³-hybridized carbons (Fsp3) is 0.500. The number of nitro benzene ring substituents is 1. The van der Waals surface area contributed by atoms with Gasteiger partial charge in [0.2, 0.25) is 0 Å². The van der Waals surface area contributed by atoms with Crippen molar-refractivity contribution < 1.29 is 4.92 Å². The number of hydrogen-bond acceptors (Lipinski definition) is 4. The number of rotatable bonds is 2. The zero-order valence-corrected chi connectivity index (χ0v) is 11.6. The number of nitrogens with one attached hydrogen (secondary N) is 1. The van der Waals surface area contributed by atoms with Crippen LogP contribution in [0.15, 0.2) is 12.1 Å². The molecule has 7 heteroatoms. The Morgan fingerprint density at radius 2 is 1.74 bits per heavy atom. The summed E-state index contributed by atoms with van der Waals surface area (Å²) in [5, 5.41) is 14.8. The Bertz CT molecular complexity index is 503. The monoisotopic (exact) mass is 301 g/mol. The van der Waals surface area contributed by atoms with Crippen LogP contribution in [0.2, 0.25) is 10.0 Å². The summed E-state index contributed by atoms with van der Waals surface area (Å²) in [6, 6.07) is 2.74. The van der Waals surface area contributed by atoms with Gasteiger partial charge >= 0.3 is 0 Å². The maximum Gasteiger partial charge on any atom is 0.272 e. The topological polar surface area (TPSA) is 58.4 Å². The van der Waals surface area contributed by atoms with Gasteiger partial charge in [-0.1, -0.05) is 23.2 Å². The normalized spacial score (nSPS) is 25.7. The van der Waals surface area contributed by atoms with E-state index >= 15 is 0 Å². The molecule has 0 radical (unpaired) electrons. The maximum absolute atomic E-state index is 10.8. The van der Waals surface area contributed by atoms with Gasteiger partial charge in [0.15, 0.2) is 0 Å². The molecule has 0 bridgehead atoms. The highest BCUT2D eigenvalue weighted by molar-refractivity contribution is 6.39. The first-order valence-electron chi connectivity index (χ1n) is 6.15. The zero-order valence-electron chi connectivity index (χ0n) is 10.1. The average molecular weight is 302 g/mol. The zero-order chi connectivity index (χ0) is 13.6. The molecule has 102 valence electrons. The Kier molecular flexibility index (Phi) is 3.28. The molecule has 0 amide bonds. The van der Waals surface area contributed by atoms with E-state index in [9.17, 15) is 10.1 Å². The molecule has 0 unspecified atom stereocenters. The van der Waals surface area contributed by atoms with Gasteiger partial charge in [0.1, 0.15) is 0 Å². The Morgan fingerprint density at radius 3 is 2.21 bits per heavy atom. The largest absolute Gasteiger partial charge is 0.368 e. The second-order valence-electron chi connectivity index (χ2n) is 5.10. The number of nitro groups is 1. The minimum absolute atomic E-state index is 0.0696. The molecular formula is C12H13Cl2N3O2. The minimum atomic E-state index is -0.482. The van der Waals surface area contributed by atoms with E-state index in [1.165, 1.54) is 12.1 Å². The summed E-state index contributed by atoms with van der Waals surface area (Å²) in [6.45, 7) is 3.83. The molecule has 1 N–H and O–H groups in total.